The summed E-state index contributed by atoms with van der Waals surface area (Å²) in [6, 6.07) is 16.9. The Morgan fingerprint density at radius 1 is 1.05 bits per heavy atom. The van der Waals surface area contributed by atoms with E-state index in [1.54, 1.807) is 6.92 Å². The molecule has 0 fully saturated rings. The molecule has 96 valence electrons. The van der Waals surface area contributed by atoms with Gasteiger partial charge in [0.2, 0.25) is 0 Å². The van der Waals surface area contributed by atoms with Crippen LogP contribution in [0.3, 0.4) is 0 Å². The molecule has 2 aromatic carbocycles. The highest BCUT2D eigenvalue weighted by Gasteiger charge is 2.02. The Hall–Kier alpha value is -2.31. The van der Waals surface area contributed by atoms with Crippen molar-refractivity contribution in [3.63, 3.8) is 0 Å². The van der Waals surface area contributed by atoms with Gasteiger partial charge in [-0.15, -0.1) is 0 Å². The van der Waals surface area contributed by atoms with Crippen molar-refractivity contribution in [2.24, 2.45) is 0 Å². The Morgan fingerprint density at radius 2 is 1.58 bits per heavy atom. The second-order valence-corrected chi connectivity index (χ2v) is 4.33. The van der Waals surface area contributed by atoms with E-state index in [1.807, 2.05) is 48.5 Å². The van der Waals surface area contributed by atoms with Crippen LogP contribution in [-0.2, 0) is 6.42 Å². The van der Waals surface area contributed by atoms with Gasteiger partial charge in [0, 0.05) is 0 Å². The lowest BCUT2D eigenvalue weighted by molar-refractivity contribution is 0.199. The zero-order chi connectivity index (χ0) is 13.7. The van der Waals surface area contributed by atoms with Crippen molar-refractivity contribution in [3.8, 4) is 17.6 Å². The van der Waals surface area contributed by atoms with E-state index in [9.17, 15) is 5.11 Å². The maximum atomic E-state index is 9.42. The number of nitrogens with zero attached hydrogens (tertiary/aromatic N) is 1. The first-order chi connectivity index (χ1) is 9.19. The van der Waals surface area contributed by atoms with Gasteiger partial charge in [-0.2, -0.15) is 5.26 Å². The SMILES string of the molecule is C[C@@H](O)c1ccc(Oc2ccc(CC#N)cc2)cc1. The van der Waals surface area contributed by atoms with Crippen LogP contribution in [-0.4, -0.2) is 5.11 Å². The number of ether oxygens (including phenoxy) is 1. The van der Waals surface area contributed by atoms with Gasteiger partial charge in [0.1, 0.15) is 11.5 Å². The molecule has 0 unspecified atom stereocenters. The smallest absolute Gasteiger partial charge is 0.127 e. The molecule has 1 atom stereocenters. The highest BCUT2D eigenvalue weighted by atomic mass is 16.5. The third kappa shape index (κ3) is 3.57. The highest BCUT2D eigenvalue weighted by molar-refractivity contribution is 5.35. The van der Waals surface area contributed by atoms with E-state index in [1.165, 1.54) is 0 Å². The summed E-state index contributed by atoms with van der Waals surface area (Å²) in [5.41, 5.74) is 1.83. The van der Waals surface area contributed by atoms with E-state index in [0.717, 1.165) is 22.6 Å². The van der Waals surface area contributed by atoms with Crippen LogP contribution in [0.2, 0.25) is 0 Å². The van der Waals surface area contributed by atoms with Crippen LogP contribution in [0.15, 0.2) is 48.5 Å². The molecule has 1 N–H and O–H groups in total. The predicted molar refractivity (Wildman–Crippen MR) is 72.9 cm³/mol. The van der Waals surface area contributed by atoms with E-state index < -0.39 is 6.10 Å². The van der Waals surface area contributed by atoms with Crippen molar-refractivity contribution in [2.75, 3.05) is 0 Å². The summed E-state index contributed by atoms with van der Waals surface area (Å²) in [5, 5.41) is 18.0. The summed E-state index contributed by atoms with van der Waals surface area (Å²) in [6.45, 7) is 1.73. The van der Waals surface area contributed by atoms with Gasteiger partial charge >= 0.3 is 0 Å². The molecule has 3 heteroatoms. The van der Waals surface area contributed by atoms with Crippen LogP contribution in [0.25, 0.3) is 0 Å². The van der Waals surface area contributed by atoms with Crippen LogP contribution < -0.4 is 4.74 Å². The average Bonchev–Trinajstić information content (AvgIpc) is 2.42. The molecular weight excluding hydrogens is 238 g/mol. The minimum atomic E-state index is -0.473. The standard InChI is InChI=1S/C16H15NO2/c1-12(18)14-4-8-16(9-5-14)19-15-6-2-13(3-7-15)10-11-17/h2-9,12,18H,10H2,1H3/t12-/m1/s1. The van der Waals surface area contributed by atoms with Crippen LogP contribution >= 0.6 is 0 Å². The van der Waals surface area contributed by atoms with Gasteiger partial charge < -0.3 is 9.84 Å². The van der Waals surface area contributed by atoms with Crippen molar-refractivity contribution in [2.45, 2.75) is 19.4 Å². The Kier molecular flexibility index (Phi) is 4.17. The summed E-state index contributed by atoms with van der Waals surface area (Å²) in [6.07, 6.45) is -0.0667. The molecule has 0 bridgehead atoms. The lowest BCUT2D eigenvalue weighted by Crippen LogP contribution is -1.91. The molecule has 0 heterocycles. The van der Waals surface area contributed by atoms with E-state index in [0.29, 0.717) is 6.42 Å². The monoisotopic (exact) mass is 253 g/mol. The summed E-state index contributed by atoms with van der Waals surface area (Å²) >= 11 is 0. The summed E-state index contributed by atoms with van der Waals surface area (Å²) in [4.78, 5) is 0. The summed E-state index contributed by atoms with van der Waals surface area (Å²) < 4.78 is 5.68. The topological polar surface area (TPSA) is 53.2 Å². The van der Waals surface area contributed by atoms with Crippen molar-refractivity contribution in [1.82, 2.24) is 0 Å². The van der Waals surface area contributed by atoms with Crippen LogP contribution in [0.4, 0.5) is 0 Å². The minimum Gasteiger partial charge on any atom is -0.457 e. The fraction of sp³-hybridized carbons (Fsp3) is 0.188. The maximum Gasteiger partial charge on any atom is 0.127 e. The zero-order valence-electron chi connectivity index (χ0n) is 10.7. The fourth-order valence-corrected chi connectivity index (χ4v) is 1.72. The molecule has 2 aromatic rings. The molecule has 0 amide bonds. The highest BCUT2D eigenvalue weighted by Crippen LogP contribution is 2.23. The van der Waals surface area contributed by atoms with Gasteiger partial charge in [-0.3, -0.25) is 0 Å². The van der Waals surface area contributed by atoms with E-state index in [-0.39, 0.29) is 0 Å². The van der Waals surface area contributed by atoms with Crippen LogP contribution in [0.1, 0.15) is 24.2 Å². The number of aliphatic hydroxyl groups is 1. The summed E-state index contributed by atoms with van der Waals surface area (Å²) in [5.74, 6) is 1.45. The predicted octanol–water partition coefficient (Wildman–Crippen LogP) is 3.60. The van der Waals surface area contributed by atoms with Crippen molar-refractivity contribution < 1.29 is 9.84 Å². The van der Waals surface area contributed by atoms with Crippen LogP contribution in [0, 0.1) is 11.3 Å². The van der Waals surface area contributed by atoms with Crippen molar-refractivity contribution >= 4 is 0 Å². The lowest BCUT2D eigenvalue weighted by atomic mass is 10.1. The molecule has 2 rings (SSSR count). The molecule has 0 radical (unpaired) electrons. The number of hydrogen-bond donors (Lipinski definition) is 1. The first-order valence-electron chi connectivity index (χ1n) is 6.11. The molecule has 3 nitrogen and oxygen atoms in total. The lowest BCUT2D eigenvalue weighted by Gasteiger charge is -2.08. The molecule has 0 aliphatic rings. The zero-order valence-corrected chi connectivity index (χ0v) is 10.7. The molecule has 0 aliphatic heterocycles. The number of hydrogen-bond acceptors (Lipinski definition) is 3. The third-order valence-corrected chi connectivity index (χ3v) is 2.80. The molecule has 0 spiro atoms. The Labute approximate surface area is 112 Å². The van der Waals surface area contributed by atoms with Gasteiger partial charge in [-0.1, -0.05) is 24.3 Å². The van der Waals surface area contributed by atoms with Gasteiger partial charge in [0.25, 0.3) is 0 Å². The normalized spacial score (nSPS) is 11.6. The second kappa shape index (κ2) is 6.03. The summed E-state index contributed by atoms with van der Waals surface area (Å²) in [7, 11) is 0. The maximum absolute atomic E-state index is 9.42. The fourth-order valence-electron chi connectivity index (χ4n) is 1.72. The molecule has 0 saturated heterocycles. The minimum absolute atomic E-state index is 0.406. The molecule has 0 saturated carbocycles. The van der Waals surface area contributed by atoms with E-state index in [2.05, 4.69) is 6.07 Å². The number of aliphatic hydroxyl groups excluding tert-OH is 1. The van der Waals surface area contributed by atoms with Gasteiger partial charge in [0.05, 0.1) is 18.6 Å². The van der Waals surface area contributed by atoms with Crippen molar-refractivity contribution in [1.29, 1.82) is 5.26 Å². The van der Waals surface area contributed by atoms with Crippen molar-refractivity contribution in [3.05, 3.63) is 59.7 Å². The Balaban J connectivity index is 2.06. The number of rotatable bonds is 4. The Morgan fingerprint density at radius 3 is 2.05 bits per heavy atom. The van der Waals surface area contributed by atoms with E-state index >= 15 is 0 Å². The first-order valence-corrected chi connectivity index (χ1v) is 6.11. The number of nitriles is 1. The second-order valence-electron chi connectivity index (χ2n) is 4.33. The quantitative estimate of drug-likeness (QED) is 0.905. The van der Waals surface area contributed by atoms with Gasteiger partial charge in [-0.25, -0.2) is 0 Å². The van der Waals surface area contributed by atoms with Gasteiger partial charge in [0.15, 0.2) is 0 Å². The molecule has 19 heavy (non-hydrogen) atoms. The largest absolute Gasteiger partial charge is 0.457 e. The molecular formula is C16H15NO2. The third-order valence-electron chi connectivity index (χ3n) is 2.80. The van der Waals surface area contributed by atoms with E-state index in [4.69, 9.17) is 10.00 Å². The number of benzene rings is 2. The molecule has 0 aliphatic carbocycles. The Bertz CT molecular complexity index is 565. The van der Waals surface area contributed by atoms with Gasteiger partial charge in [-0.05, 0) is 42.3 Å². The first kappa shape index (κ1) is 13.1. The van der Waals surface area contributed by atoms with Crippen LogP contribution in [0.5, 0.6) is 11.5 Å². The molecule has 0 aromatic heterocycles. The average molecular weight is 253 g/mol.